The van der Waals surface area contributed by atoms with Gasteiger partial charge < -0.3 is 14.5 Å². The molecule has 1 amide bonds. The van der Waals surface area contributed by atoms with Gasteiger partial charge in [-0.1, -0.05) is 0 Å². The molecule has 2 atom stereocenters. The molecule has 0 N–H and O–H groups in total. The van der Waals surface area contributed by atoms with Crippen molar-refractivity contribution in [2.45, 2.75) is 51.8 Å². The molecule has 4 nitrogen and oxygen atoms in total. The molecule has 0 aromatic carbocycles. The van der Waals surface area contributed by atoms with Gasteiger partial charge in [0.05, 0.1) is 0 Å². The maximum Gasteiger partial charge on any atom is 0.410 e. The monoisotopic (exact) mass is 228 g/mol. The molecule has 94 valence electrons. The van der Waals surface area contributed by atoms with Gasteiger partial charge in [-0.25, -0.2) is 4.79 Å². The topological polar surface area (TPSA) is 32.8 Å². The lowest BCUT2D eigenvalue weighted by atomic mass is 10.2. The van der Waals surface area contributed by atoms with E-state index >= 15 is 0 Å². The Kier molecular flexibility index (Phi) is 3.84. The number of carbonyl (C=O) groups is 1. The number of likely N-dealkylation sites (tertiary alicyclic amines) is 1. The minimum atomic E-state index is -0.410. The number of ether oxygens (including phenoxy) is 1. The van der Waals surface area contributed by atoms with Crippen LogP contribution in [0.1, 0.15) is 34.1 Å². The highest BCUT2D eigenvalue weighted by Gasteiger charge is 2.35. The summed E-state index contributed by atoms with van der Waals surface area (Å²) in [4.78, 5) is 15.9. The van der Waals surface area contributed by atoms with E-state index < -0.39 is 5.60 Å². The van der Waals surface area contributed by atoms with E-state index in [1.807, 2.05) is 25.7 Å². The van der Waals surface area contributed by atoms with Gasteiger partial charge in [0.25, 0.3) is 0 Å². The first-order valence-corrected chi connectivity index (χ1v) is 5.87. The minimum Gasteiger partial charge on any atom is -0.444 e. The summed E-state index contributed by atoms with van der Waals surface area (Å²) in [5.41, 5.74) is -0.410. The van der Waals surface area contributed by atoms with Gasteiger partial charge >= 0.3 is 6.09 Å². The lowest BCUT2D eigenvalue weighted by Crippen LogP contribution is -2.40. The third-order valence-corrected chi connectivity index (χ3v) is 2.91. The number of hydrogen-bond acceptors (Lipinski definition) is 3. The number of nitrogens with zero attached hydrogens (tertiary/aromatic N) is 2. The Morgan fingerprint density at radius 1 is 1.38 bits per heavy atom. The van der Waals surface area contributed by atoms with Crippen LogP contribution in [0.3, 0.4) is 0 Å². The summed E-state index contributed by atoms with van der Waals surface area (Å²) in [6.07, 6.45) is 0.830. The van der Waals surface area contributed by atoms with Crippen molar-refractivity contribution < 1.29 is 9.53 Å². The average molecular weight is 228 g/mol. The Bertz CT molecular complexity index is 258. The highest BCUT2D eigenvalue weighted by atomic mass is 16.6. The van der Waals surface area contributed by atoms with Crippen LogP contribution in [0.5, 0.6) is 0 Å². The first-order valence-electron chi connectivity index (χ1n) is 5.87. The summed E-state index contributed by atoms with van der Waals surface area (Å²) >= 11 is 0. The van der Waals surface area contributed by atoms with Crippen LogP contribution in [0, 0.1) is 0 Å². The summed E-state index contributed by atoms with van der Waals surface area (Å²) in [5, 5.41) is 0. The molecule has 0 unspecified atom stereocenters. The number of rotatable bonds is 1. The van der Waals surface area contributed by atoms with Crippen LogP contribution in [0.4, 0.5) is 4.79 Å². The second-order valence-electron chi connectivity index (χ2n) is 5.83. The Labute approximate surface area is 98.5 Å². The highest BCUT2D eigenvalue weighted by molar-refractivity contribution is 5.69. The molecule has 0 bridgehead atoms. The Hall–Kier alpha value is -0.770. The smallest absolute Gasteiger partial charge is 0.410 e. The van der Waals surface area contributed by atoms with Gasteiger partial charge in [0, 0.05) is 18.6 Å². The molecule has 1 saturated heterocycles. The van der Waals surface area contributed by atoms with Gasteiger partial charge in [-0.05, 0) is 48.2 Å². The molecular formula is C12H24N2O2. The Morgan fingerprint density at radius 2 is 1.94 bits per heavy atom. The lowest BCUT2D eigenvalue weighted by Gasteiger charge is -2.27. The van der Waals surface area contributed by atoms with Crippen molar-refractivity contribution in [1.82, 2.24) is 9.80 Å². The molecule has 1 fully saturated rings. The molecule has 1 heterocycles. The molecule has 16 heavy (non-hydrogen) atoms. The summed E-state index contributed by atoms with van der Waals surface area (Å²) in [5.74, 6) is 0. The second-order valence-corrected chi connectivity index (χ2v) is 5.83. The van der Waals surface area contributed by atoms with E-state index in [1.54, 1.807) is 0 Å². The van der Waals surface area contributed by atoms with E-state index in [2.05, 4.69) is 25.9 Å². The average Bonchev–Trinajstić information content (AvgIpc) is 2.44. The van der Waals surface area contributed by atoms with Gasteiger partial charge in [-0.15, -0.1) is 0 Å². The van der Waals surface area contributed by atoms with E-state index in [9.17, 15) is 4.79 Å². The fraction of sp³-hybridized carbons (Fsp3) is 0.917. The van der Waals surface area contributed by atoms with Crippen LogP contribution in [-0.4, -0.2) is 54.2 Å². The lowest BCUT2D eigenvalue weighted by molar-refractivity contribution is 0.0231. The van der Waals surface area contributed by atoms with Gasteiger partial charge in [0.2, 0.25) is 0 Å². The maximum absolute atomic E-state index is 11.9. The molecule has 0 saturated carbocycles. The van der Waals surface area contributed by atoms with Crippen LogP contribution < -0.4 is 0 Å². The first-order chi connectivity index (χ1) is 7.20. The molecule has 1 rings (SSSR count). The van der Waals surface area contributed by atoms with Gasteiger partial charge in [0.15, 0.2) is 0 Å². The molecule has 1 aliphatic rings. The third kappa shape index (κ3) is 3.37. The van der Waals surface area contributed by atoms with Crippen molar-refractivity contribution in [3.8, 4) is 0 Å². The molecule has 4 heteroatoms. The van der Waals surface area contributed by atoms with E-state index in [1.165, 1.54) is 0 Å². The van der Waals surface area contributed by atoms with Crippen LogP contribution in [0.25, 0.3) is 0 Å². The van der Waals surface area contributed by atoms with Crippen molar-refractivity contribution in [2.75, 3.05) is 20.6 Å². The standard InChI is InChI=1S/C12H24N2O2/c1-9-7-10(13(5)6)8-14(9)11(15)16-12(2,3)4/h9-10H,7-8H2,1-6H3/t9-,10+/m1/s1. The molecule has 0 aliphatic carbocycles. The Morgan fingerprint density at radius 3 is 2.31 bits per heavy atom. The van der Waals surface area contributed by atoms with Crippen molar-refractivity contribution in [2.24, 2.45) is 0 Å². The normalized spacial score (nSPS) is 26.3. The van der Waals surface area contributed by atoms with Crippen LogP contribution >= 0.6 is 0 Å². The molecule has 1 aliphatic heterocycles. The molecule has 0 spiro atoms. The quantitative estimate of drug-likeness (QED) is 0.687. The predicted molar refractivity (Wildman–Crippen MR) is 64.5 cm³/mol. The second kappa shape index (κ2) is 4.62. The third-order valence-electron chi connectivity index (χ3n) is 2.91. The number of likely N-dealkylation sites (N-methyl/N-ethyl adjacent to an activating group) is 1. The largest absolute Gasteiger partial charge is 0.444 e. The van der Waals surface area contributed by atoms with Crippen molar-refractivity contribution >= 4 is 6.09 Å². The number of hydrogen-bond donors (Lipinski definition) is 0. The summed E-state index contributed by atoms with van der Waals surface area (Å²) < 4.78 is 5.39. The van der Waals surface area contributed by atoms with E-state index in [-0.39, 0.29) is 12.1 Å². The number of amides is 1. The predicted octanol–water partition coefficient (Wildman–Crippen LogP) is 1.95. The van der Waals surface area contributed by atoms with Gasteiger partial charge in [-0.2, -0.15) is 0 Å². The van der Waals surface area contributed by atoms with Gasteiger partial charge in [-0.3, -0.25) is 0 Å². The van der Waals surface area contributed by atoms with Crippen molar-refractivity contribution in [3.63, 3.8) is 0 Å². The molecular weight excluding hydrogens is 204 g/mol. The molecule has 0 radical (unpaired) electrons. The summed E-state index contributed by atoms with van der Waals surface area (Å²) in [6.45, 7) is 8.54. The fourth-order valence-electron chi connectivity index (χ4n) is 1.95. The number of carbonyl (C=O) groups excluding carboxylic acids is 1. The van der Waals surface area contributed by atoms with Crippen molar-refractivity contribution in [3.05, 3.63) is 0 Å². The summed E-state index contributed by atoms with van der Waals surface area (Å²) in [7, 11) is 4.10. The zero-order valence-electron chi connectivity index (χ0n) is 11.3. The SMILES string of the molecule is C[C@@H]1C[C@H](N(C)C)CN1C(=O)OC(C)(C)C. The van der Waals surface area contributed by atoms with Crippen LogP contribution in [-0.2, 0) is 4.74 Å². The highest BCUT2D eigenvalue weighted by Crippen LogP contribution is 2.22. The van der Waals surface area contributed by atoms with Gasteiger partial charge in [0.1, 0.15) is 5.60 Å². The minimum absolute atomic E-state index is 0.190. The summed E-state index contributed by atoms with van der Waals surface area (Å²) in [6, 6.07) is 0.713. The first kappa shape index (κ1) is 13.3. The Balaban J connectivity index is 2.58. The molecule has 0 aromatic rings. The maximum atomic E-state index is 11.9. The van der Waals surface area contributed by atoms with E-state index in [4.69, 9.17) is 4.74 Å². The van der Waals surface area contributed by atoms with E-state index in [0.29, 0.717) is 6.04 Å². The zero-order valence-corrected chi connectivity index (χ0v) is 11.3. The van der Waals surface area contributed by atoms with Crippen molar-refractivity contribution in [1.29, 1.82) is 0 Å². The molecule has 0 aromatic heterocycles. The zero-order chi connectivity index (χ0) is 12.5. The van der Waals surface area contributed by atoms with Crippen LogP contribution in [0.2, 0.25) is 0 Å². The van der Waals surface area contributed by atoms with E-state index in [0.717, 1.165) is 13.0 Å². The van der Waals surface area contributed by atoms with Crippen LogP contribution in [0.15, 0.2) is 0 Å². The fourth-order valence-corrected chi connectivity index (χ4v) is 1.95.